The smallest absolute Gasteiger partial charge is 0.135 e. The van der Waals surface area contributed by atoms with Crippen LogP contribution in [0.1, 0.15) is 12.8 Å². The first-order valence-electron chi connectivity index (χ1n) is 11.4. The standard InChI is InChI=1S/C25H29F2N5/c1-29-15-17-31(18-16-29)20-10-13-30(14-11-20)19-5-7-21(8-6-19)32-24(9-12-28-32)25-22(26)3-2-4-23(25)27/h2-9,12,20H,10-11,13-18H2,1H3. The van der Waals surface area contributed by atoms with Crippen molar-refractivity contribution in [3.63, 3.8) is 0 Å². The lowest BCUT2D eigenvalue weighted by Gasteiger charge is -2.42. The van der Waals surface area contributed by atoms with Gasteiger partial charge in [0.15, 0.2) is 0 Å². The van der Waals surface area contributed by atoms with Crippen molar-refractivity contribution in [2.45, 2.75) is 18.9 Å². The monoisotopic (exact) mass is 437 g/mol. The molecule has 3 aromatic rings. The molecule has 2 saturated heterocycles. The molecule has 3 heterocycles. The Morgan fingerprint density at radius 3 is 2.06 bits per heavy atom. The zero-order valence-electron chi connectivity index (χ0n) is 18.4. The molecule has 0 unspecified atom stereocenters. The SMILES string of the molecule is CN1CCN(C2CCN(c3ccc(-n4nccc4-c4c(F)cccc4F)cc3)CC2)CC1. The minimum Gasteiger partial charge on any atom is -0.371 e. The second-order valence-corrected chi connectivity index (χ2v) is 8.80. The van der Waals surface area contributed by atoms with Gasteiger partial charge >= 0.3 is 0 Å². The van der Waals surface area contributed by atoms with E-state index >= 15 is 0 Å². The molecule has 0 saturated carbocycles. The molecule has 5 nitrogen and oxygen atoms in total. The summed E-state index contributed by atoms with van der Waals surface area (Å²) in [6.45, 7) is 6.75. The van der Waals surface area contributed by atoms with Crippen molar-refractivity contribution in [3.8, 4) is 16.9 Å². The summed E-state index contributed by atoms with van der Waals surface area (Å²) >= 11 is 0. The fourth-order valence-corrected chi connectivity index (χ4v) is 4.92. The van der Waals surface area contributed by atoms with Crippen LogP contribution in [0.15, 0.2) is 54.7 Å². The van der Waals surface area contributed by atoms with Gasteiger partial charge in [-0.1, -0.05) is 6.07 Å². The van der Waals surface area contributed by atoms with Gasteiger partial charge < -0.3 is 9.80 Å². The van der Waals surface area contributed by atoms with Gasteiger partial charge in [0.1, 0.15) is 11.6 Å². The topological polar surface area (TPSA) is 27.5 Å². The Balaban J connectivity index is 1.28. The molecule has 0 amide bonds. The van der Waals surface area contributed by atoms with Crippen LogP contribution in [0, 0.1) is 11.6 Å². The molecule has 0 aliphatic carbocycles. The highest BCUT2D eigenvalue weighted by Crippen LogP contribution is 2.29. The van der Waals surface area contributed by atoms with Crippen molar-refractivity contribution >= 4 is 5.69 Å². The summed E-state index contributed by atoms with van der Waals surface area (Å²) in [7, 11) is 2.20. The number of piperazine rings is 1. The fraction of sp³-hybridized carbons (Fsp3) is 0.400. The molecule has 2 aliphatic rings. The van der Waals surface area contributed by atoms with Crippen LogP contribution in [-0.2, 0) is 0 Å². The van der Waals surface area contributed by atoms with Gasteiger partial charge in [-0.05, 0) is 62.4 Å². The summed E-state index contributed by atoms with van der Waals surface area (Å²) in [5.74, 6) is -1.18. The van der Waals surface area contributed by atoms with Crippen molar-refractivity contribution in [1.82, 2.24) is 19.6 Å². The van der Waals surface area contributed by atoms with Gasteiger partial charge in [0, 0.05) is 51.0 Å². The maximum Gasteiger partial charge on any atom is 0.135 e. The average molecular weight is 438 g/mol. The molecule has 32 heavy (non-hydrogen) atoms. The van der Waals surface area contributed by atoms with Crippen LogP contribution in [0.4, 0.5) is 14.5 Å². The van der Waals surface area contributed by atoms with Crippen LogP contribution in [0.3, 0.4) is 0 Å². The molecule has 2 aliphatic heterocycles. The predicted octanol–water partition coefficient (Wildman–Crippen LogP) is 4.03. The summed E-state index contributed by atoms with van der Waals surface area (Å²) in [6, 6.07) is 14.3. The number of benzene rings is 2. The maximum absolute atomic E-state index is 14.3. The van der Waals surface area contributed by atoms with Crippen LogP contribution in [0.5, 0.6) is 0 Å². The van der Waals surface area contributed by atoms with E-state index in [1.165, 1.54) is 49.8 Å². The van der Waals surface area contributed by atoms with Crippen molar-refractivity contribution < 1.29 is 8.78 Å². The first-order valence-corrected chi connectivity index (χ1v) is 11.4. The quantitative estimate of drug-likeness (QED) is 0.616. The van der Waals surface area contributed by atoms with Gasteiger partial charge in [-0.2, -0.15) is 5.10 Å². The zero-order valence-corrected chi connectivity index (χ0v) is 18.4. The third kappa shape index (κ3) is 4.14. The molecule has 0 bridgehead atoms. The molecule has 0 spiro atoms. The van der Waals surface area contributed by atoms with E-state index in [0.29, 0.717) is 11.7 Å². The highest BCUT2D eigenvalue weighted by atomic mass is 19.1. The zero-order chi connectivity index (χ0) is 22.1. The number of nitrogens with zero attached hydrogens (tertiary/aromatic N) is 5. The number of halogens is 2. The second-order valence-electron chi connectivity index (χ2n) is 8.80. The molecular weight excluding hydrogens is 408 g/mol. The van der Waals surface area contributed by atoms with Gasteiger partial charge in [-0.15, -0.1) is 0 Å². The number of hydrogen-bond donors (Lipinski definition) is 0. The Morgan fingerprint density at radius 1 is 0.781 bits per heavy atom. The average Bonchev–Trinajstić information content (AvgIpc) is 3.29. The predicted molar refractivity (Wildman–Crippen MR) is 123 cm³/mol. The molecule has 2 aromatic carbocycles. The summed E-state index contributed by atoms with van der Waals surface area (Å²) in [4.78, 5) is 7.48. The number of rotatable bonds is 4. The lowest BCUT2D eigenvalue weighted by atomic mass is 10.0. The van der Waals surface area contributed by atoms with Crippen molar-refractivity contribution in [2.75, 3.05) is 51.2 Å². The van der Waals surface area contributed by atoms with Crippen molar-refractivity contribution in [2.24, 2.45) is 0 Å². The second kappa shape index (κ2) is 9.00. The normalized spacial score (nSPS) is 18.9. The van der Waals surface area contributed by atoms with Crippen LogP contribution in [-0.4, -0.2) is 71.9 Å². The summed E-state index contributed by atoms with van der Waals surface area (Å²) in [6.07, 6.45) is 3.93. The summed E-state index contributed by atoms with van der Waals surface area (Å²) < 4.78 is 30.2. The highest BCUT2D eigenvalue weighted by Gasteiger charge is 2.26. The van der Waals surface area contributed by atoms with Gasteiger partial charge in [-0.25, -0.2) is 13.5 Å². The fourth-order valence-electron chi connectivity index (χ4n) is 4.92. The number of hydrogen-bond acceptors (Lipinski definition) is 4. The molecule has 0 radical (unpaired) electrons. The number of aromatic nitrogens is 2. The van der Waals surface area contributed by atoms with E-state index in [2.05, 4.69) is 39.0 Å². The lowest BCUT2D eigenvalue weighted by molar-refractivity contribution is 0.0982. The Bertz CT molecular complexity index is 1030. The number of anilines is 1. The Kier molecular flexibility index (Phi) is 5.93. The van der Waals surface area contributed by atoms with Crippen LogP contribution < -0.4 is 4.90 Å². The highest BCUT2D eigenvalue weighted by molar-refractivity contribution is 5.64. The third-order valence-corrected chi connectivity index (χ3v) is 6.84. The minimum absolute atomic E-state index is 0.0555. The van der Waals surface area contributed by atoms with E-state index in [1.54, 1.807) is 16.9 Å². The first-order chi connectivity index (χ1) is 15.6. The molecule has 5 rings (SSSR count). The van der Waals surface area contributed by atoms with E-state index in [-0.39, 0.29) is 5.56 Å². The third-order valence-electron chi connectivity index (χ3n) is 6.84. The van der Waals surface area contributed by atoms with E-state index < -0.39 is 11.6 Å². The van der Waals surface area contributed by atoms with Crippen molar-refractivity contribution in [3.05, 3.63) is 66.4 Å². The van der Waals surface area contributed by atoms with Gasteiger partial charge in [0.25, 0.3) is 0 Å². The summed E-state index contributed by atoms with van der Waals surface area (Å²) in [5.41, 5.74) is 2.31. The molecule has 0 atom stereocenters. The van der Waals surface area contributed by atoms with E-state index in [0.717, 1.165) is 31.9 Å². The van der Waals surface area contributed by atoms with Crippen molar-refractivity contribution in [1.29, 1.82) is 0 Å². The molecule has 0 N–H and O–H groups in total. The van der Waals surface area contributed by atoms with Crippen LogP contribution in [0.2, 0.25) is 0 Å². The van der Waals surface area contributed by atoms with E-state index in [9.17, 15) is 8.78 Å². The first kappa shape index (κ1) is 21.1. The molecule has 1 aromatic heterocycles. The lowest BCUT2D eigenvalue weighted by Crippen LogP contribution is -2.52. The van der Waals surface area contributed by atoms with Gasteiger partial charge in [-0.3, -0.25) is 4.90 Å². The minimum atomic E-state index is -0.591. The number of piperidine rings is 1. The largest absolute Gasteiger partial charge is 0.371 e. The molecule has 7 heteroatoms. The van der Waals surface area contributed by atoms with Gasteiger partial charge in [0.2, 0.25) is 0 Å². The Labute approximate surface area is 187 Å². The maximum atomic E-state index is 14.3. The Hall–Kier alpha value is -2.77. The molecule has 2 fully saturated rings. The van der Waals surface area contributed by atoms with E-state index in [4.69, 9.17) is 0 Å². The van der Waals surface area contributed by atoms with Crippen LogP contribution >= 0.6 is 0 Å². The number of likely N-dealkylation sites (N-methyl/N-ethyl adjacent to an activating group) is 1. The van der Waals surface area contributed by atoms with Crippen LogP contribution in [0.25, 0.3) is 16.9 Å². The molecule has 168 valence electrons. The summed E-state index contributed by atoms with van der Waals surface area (Å²) in [5, 5.41) is 4.32. The van der Waals surface area contributed by atoms with E-state index in [1.807, 2.05) is 12.1 Å². The Morgan fingerprint density at radius 2 is 1.41 bits per heavy atom. The molecular formula is C25H29F2N5. The van der Waals surface area contributed by atoms with Gasteiger partial charge in [0.05, 0.1) is 23.1 Å².